The lowest BCUT2D eigenvalue weighted by Gasteiger charge is -2.01. The Balaban J connectivity index is 1.29. The van der Waals surface area contributed by atoms with Crippen molar-refractivity contribution in [1.29, 1.82) is 0 Å². The van der Waals surface area contributed by atoms with Crippen LogP contribution >= 0.6 is 45.3 Å². The Morgan fingerprint density at radius 2 is 0.842 bits per heavy atom. The molecule has 4 heteroatoms. The summed E-state index contributed by atoms with van der Waals surface area (Å²) < 4.78 is 11.6. The number of unbranched alkanes of at least 4 members (excludes halogenated alkanes) is 2. The van der Waals surface area contributed by atoms with Gasteiger partial charge in [0.15, 0.2) is 0 Å². The van der Waals surface area contributed by atoms with E-state index in [0.717, 1.165) is 0 Å². The van der Waals surface area contributed by atoms with Crippen molar-refractivity contribution in [2.45, 2.75) is 52.4 Å². The molecule has 4 aromatic carbocycles. The molecular formula is C34H28S4. The summed E-state index contributed by atoms with van der Waals surface area (Å²) >= 11 is 7.92. The largest absolute Gasteiger partial charge is 0.134 e. The normalized spacial score (nSPS) is 12.6. The van der Waals surface area contributed by atoms with Crippen molar-refractivity contribution in [3.05, 3.63) is 71.8 Å². The van der Waals surface area contributed by atoms with Gasteiger partial charge in [-0.25, -0.2) is 0 Å². The molecule has 8 aromatic rings. The van der Waals surface area contributed by atoms with Gasteiger partial charge in [-0.1, -0.05) is 51.0 Å². The molecule has 0 saturated heterocycles. The van der Waals surface area contributed by atoms with E-state index in [0.29, 0.717) is 0 Å². The van der Waals surface area contributed by atoms with Crippen molar-refractivity contribution in [3.8, 4) is 0 Å². The molecular weight excluding hydrogens is 537 g/mol. The Kier molecular flexibility index (Phi) is 5.56. The van der Waals surface area contributed by atoms with Gasteiger partial charge in [0.05, 0.1) is 18.8 Å². The highest BCUT2D eigenvalue weighted by Crippen LogP contribution is 2.48. The maximum Gasteiger partial charge on any atom is 0.0542 e. The SMILES string of the molecule is CCCCc1ccc2c(c1)sc1c3cc4cc5sc6c7ccc(CCCC)cc7sc6c5cc4cc3sc21. The molecule has 0 bridgehead atoms. The van der Waals surface area contributed by atoms with Crippen LogP contribution in [0.1, 0.15) is 50.7 Å². The average Bonchev–Trinajstić information content (AvgIpc) is 3.66. The van der Waals surface area contributed by atoms with Crippen molar-refractivity contribution in [2.75, 3.05) is 0 Å². The van der Waals surface area contributed by atoms with Gasteiger partial charge in [-0.05, 0) is 84.0 Å². The minimum Gasteiger partial charge on any atom is -0.134 e. The molecule has 4 heterocycles. The summed E-state index contributed by atoms with van der Waals surface area (Å²) in [5, 5.41) is 8.45. The van der Waals surface area contributed by atoms with Crippen LogP contribution in [0.4, 0.5) is 0 Å². The second-order valence-corrected chi connectivity index (χ2v) is 14.8. The fraction of sp³-hybridized carbons (Fsp3) is 0.235. The summed E-state index contributed by atoms with van der Waals surface area (Å²) in [5.74, 6) is 0. The molecule has 0 spiro atoms. The number of thiophene rings is 4. The summed E-state index contributed by atoms with van der Waals surface area (Å²) in [4.78, 5) is 0. The second kappa shape index (κ2) is 9.02. The van der Waals surface area contributed by atoms with Crippen LogP contribution in [-0.4, -0.2) is 0 Å². The van der Waals surface area contributed by atoms with Crippen LogP contribution in [0, 0.1) is 0 Å². The number of benzene rings is 4. The molecule has 0 N–H and O–H groups in total. The fourth-order valence-corrected chi connectivity index (χ4v) is 11.4. The van der Waals surface area contributed by atoms with E-state index in [9.17, 15) is 0 Å². The van der Waals surface area contributed by atoms with E-state index in [1.54, 1.807) is 0 Å². The molecule has 0 unspecified atom stereocenters. The standard InChI is InChI=1S/C34H28S4/c1-3-5-7-19-9-11-23-27(13-19)35-33-25-15-21-18-30-26(16-22(21)17-29(25)37-31(23)33)34-32(38-30)24-12-10-20(8-6-4-2)14-28(24)36-34/h9-18H,3-8H2,1-2H3. The third kappa shape index (κ3) is 3.57. The number of rotatable bonds is 6. The van der Waals surface area contributed by atoms with Gasteiger partial charge >= 0.3 is 0 Å². The molecule has 4 aromatic heterocycles. The van der Waals surface area contributed by atoms with E-state index >= 15 is 0 Å². The number of hydrogen-bond acceptors (Lipinski definition) is 4. The van der Waals surface area contributed by atoms with E-state index in [2.05, 4.69) is 74.5 Å². The van der Waals surface area contributed by atoms with Gasteiger partial charge in [0, 0.05) is 40.3 Å². The summed E-state index contributed by atoms with van der Waals surface area (Å²) in [7, 11) is 0. The summed E-state index contributed by atoms with van der Waals surface area (Å²) in [6.07, 6.45) is 7.41. The number of hydrogen-bond donors (Lipinski definition) is 0. The third-order valence-corrected chi connectivity index (χ3v) is 13.0. The van der Waals surface area contributed by atoms with Gasteiger partial charge in [0.2, 0.25) is 0 Å². The quantitative estimate of drug-likeness (QED) is 0.188. The first-order valence-corrected chi connectivity index (χ1v) is 17.1. The first-order chi connectivity index (χ1) is 18.7. The van der Waals surface area contributed by atoms with Crippen LogP contribution in [0.15, 0.2) is 60.7 Å². The Morgan fingerprint density at radius 3 is 1.26 bits per heavy atom. The molecule has 0 saturated carbocycles. The molecule has 0 radical (unpaired) electrons. The lowest BCUT2D eigenvalue weighted by molar-refractivity contribution is 0.796. The minimum absolute atomic E-state index is 1.19. The van der Waals surface area contributed by atoms with Gasteiger partial charge in [-0.15, -0.1) is 45.3 Å². The van der Waals surface area contributed by atoms with Crippen LogP contribution in [-0.2, 0) is 12.8 Å². The van der Waals surface area contributed by atoms with E-state index in [1.165, 1.54) is 120 Å². The Bertz CT molecular complexity index is 2010. The average molecular weight is 565 g/mol. The highest BCUT2D eigenvalue weighted by atomic mass is 32.1. The molecule has 38 heavy (non-hydrogen) atoms. The third-order valence-electron chi connectivity index (χ3n) is 8.01. The molecule has 0 atom stereocenters. The monoisotopic (exact) mass is 564 g/mol. The first-order valence-electron chi connectivity index (χ1n) is 13.8. The van der Waals surface area contributed by atoms with Crippen molar-refractivity contribution in [3.63, 3.8) is 0 Å². The lowest BCUT2D eigenvalue weighted by Crippen LogP contribution is -1.82. The Hall–Kier alpha value is -2.50. The summed E-state index contributed by atoms with van der Waals surface area (Å²) in [6.45, 7) is 4.55. The van der Waals surface area contributed by atoms with Crippen molar-refractivity contribution >= 4 is 115 Å². The van der Waals surface area contributed by atoms with Gasteiger partial charge in [0.25, 0.3) is 0 Å². The molecule has 0 aliphatic heterocycles. The van der Waals surface area contributed by atoms with Crippen molar-refractivity contribution < 1.29 is 0 Å². The van der Waals surface area contributed by atoms with Gasteiger partial charge in [0.1, 0.15) is 0 Å². The Morgan fingerprint density at radius 1 is 0.447 bits per heavy atom. The molecule has 0 fully saturated rings. The highest BCUT2D eigenvalue weighted by Gasteiger charge is 2.16. The zero-order valence-corrected chi connectivity index (χ0v) is 24.9. The van der Waals surface area contributed by atoms with Crippen LogP contribution in [0.25, 0.3) is 69.9 Å². The fourth-order valence-electron chi connectivity index (χ4n) is 5.92. The lowest BCUT2D eigenvalue weighted by atomic mass is 10.1. The first kappa shape index (κ1) is 23.4. The summed E-state index contributed by atoms with van der Waals surface area (Å²) in [5.41, 5.74) is 2.96. The van der Waals surface area contributed by atoms with Gasteiger partial charge < -0.3 is 0 Å². The van der Waals surface area contributed by atoms with Gasteiger partial charge in [-0.3, -0.25) is 0 Å². The maximum absolute atomic E-state index is 2.46. The topological polar surface area (TPSA) is 0 Å². The molecule has 8 rings (SSSR count). The smallest absolute Gasteiger partial charge is 0.0542 e. The predicted octanol–water partition coefficient (Wildman–Crippen LogP) is 12.7. The van der Waals surface area contributed by atoms with E-state index in [-0.39, 0.29) is 0 Å². The summed E-state index contributed by atoms with van der Waals surface area (Å²) in [6, 6.07) is 24.1. The van der Waals surface area contributed by atoms with Crippen molar-refractivity contribution in [2.24, 2.45) is 0 Å². The number of aryl methyl sites for hydroxylation is 2. The maximum atomic E-state index is 2.46. The Labute approximate surface area is 238 Å². The second-order valence-electron chi connectivity index (χ2n) is 10.6. The van der Waals surface area contributed by atoms with E-state index < -0.39 is 0 Å². The van der Waals surface area contributed by atoms with Crippen molar-refractivity contribution in [1.82, 2.24) is 0 Å². The molecule has 0 nitrogen and oxygen atoms in total. The number of fused-ring (bicyclic) bond motifs is 11. The zero-order valence-electron chi connectivity index (χ0n) is 21.6. The predicted molar refractivity (Wildman–Crippen MR) is 178 cm³/mol. The van der Waals surface area contributed by atoms with Crippen LogP contribution in [0.3, 0.4) is 0 Å². The minimum atomic E-state index is 1.19. The van der Waals surface area contributed by atoms with E-state index in [4.69, 9.17) is 0 Å². The zero-order chi connectivity index (χ0) is 25.4. The van der Waals surface area contributed by atoms with Gasteiger partial charge in [-0.2, -0.15) is 0 Å². The van der Waals surface area contributed by atoms with Crippen LogP contribution in [0.2, 0.25) is 0 Å². The van der Waals surface area contributed by atoms with Crippen LogP contribution < -0.4 is 0 Å². The van der Waals surface area contributed by atoms with Crippen LogP contribution in [0.5, 0.6) is 0 Å². The molecule has 0 aliphatic rings. The molecule has 0 aliphatic carbocycles. The highest BCUT2D eigenvalue weighted by molar-refractivity contribution is 7.37. The molecule has 0 amide bonds. The molecule has 188 valence electrons. The van der Waals surface area contributed by atoms with E-state index in [1.807, 2.05) is 45.3 Å².